The van der Waals surface area contributed by atoms with Crippen LogP contribution in [0.1, 0.15) is 27.8 Å². The summed E-state index contributed by atoms with van der Waals surface area (Å²) in [5.74, 6) is 0. The van der Waals surface area contributed by atoms with E-state index in [0.717, 1.165) is 62.4 Å². The zero-order chi connectivity index (χ0) is 20.4. The van der Waals surface area contributed by atoms with Gasteiger partial charge in [-0.05, 0) is 55.3 Å². The Hall–Kier alpha value is -2.41. The molecule has 0 spiro atoms. The Kier molecular flexibility index (Phi) is 5.85. The number of nitrogens with zero attached hydrogens (tertiary/aromatic N) is 2. The summed E-state index contributed by atoms with van der Waals surface area (Å²) in [7, 11) is 2.20. The third-order valence-electron chi connectivity index (χ3n) is 5.98. The fourth-order valence-corrected chi connectivity index (χ4v) is 4.14. The van der Waals surface area contributed by atoms with Crippen LogP contribution in [0.15, 0.2) is 35.1 Å². The fourth-order valence-electron chi connectivity index (χ4n) is 4.14. The van der Waals surface area contributed by atoms with E-state index in [1.807, 2.05) is 12.1 Å². The maximum atomic E-state index is 11.4. The number of aryl methyl sites for hydroxylation is 1. The van der Waals surface area contributed by atoms with E-state index in [9.17, 15) is 4.79 Å². The number of rotatable bonds is 6. The van der Waals surface area contributed by atoms with E-state index in [1.54, 1.807) is 0 Å². The summed E-state index contributed by atoms with van der Waals surface area (Å²) in [5.41, 5.74) is 8.24. The molecule has 4 rings (SSSR count). The molecule has 3 aromatic rings. The van der Waals surface area contributed by atoms with Gasteiger partial charge in [-0.1, -0.05) is 23.8 Å². The first-order chi connectivity index (χ1) is 14.0. The van der Waals surface area contributed by atoms with E-state index in [0.29, 0.717) is 0 Å². The van der Waals surface area contributed by atoms with Crippen molar-refractivity contribution in [1.82, 2.24) is 25.1 Å². The number of likely N-dealkylation sites (N-methyl/N-ethyl adjacent to an activating group) is 1. The van der Waals surface area contributed by atoms with Crippen molar-refractivity contribution in [2.75, 3.05) is 33.2 Å². The molecule has 0 atom stereocenters. The number of aromatic nitrogens is 2. The van der Waals surface area contributed by atoms with Crippen LogP contribution in [0.5, 0.6) is 0 Å². The Balaban J connectivity index is 1.41. The quantitative estimate of drug-likeness (QED) is 0.602. The van der Waals surface area contributed by atoms with Gasteiger partial charge in [-0.25, -0.2) is 4.79 Å². The molecule has 154 valence electrons. The third-order valence-corrected chi connectivity index (χ3v) is 5.98. The predicted molar refractivity (Wildman–Crippen MR) is 118 cm³/mol. The molecule has 1 aromatic heterocycles. The first-order valence-corrected chi connectivity index (χ1v) is 10.4. The van der Waals surface area contributed by atoms with E-state index in [4.69, 9.17) is 0 Å². The normalized spacial score (nSPS) is 16.0. The minimum absolute atomic E-state index is 0.159. The molecule has 1 aliphatic rings. The highest BCUT2D eigenvalue weighted by molar-refractivity contribution is 5.74. The second-order valence-corrected chi connectivity index (χ2v) is 8.35. The Labute approximate surface area is 171 Å². The lowest BCUT2D eigenvalue weighted by molar-refractivity contribution is 0.148. The second kappa shape index (κ2) is 8.53. The van der Waals surface area contributed by atoms with E-state index >= 15 is 0 Å². The number of nitrogens with one attached hydrogen (secondary N) is 3. The molecule has 2 heterocycles. The van der Waals surface area contributed by atoms with E-state index in [1.165, 1.54) is 22.3 Å². The Morgan fingerprint density at radius 3 is 2.45 bits per heavy atom. The number of fused-ring (bicyclic) bond motifs is 1. The molecule has 0 saturated carbocycles. The average Bonchev–Trinajstić information content (AvgIpc) is 3.06. The van der Waals surface area contributed by atoms with Crippen LogP contribution in [-0.4, -0.2) is 53.0 Å². The van der Waals surface area contributed by atoms with Gasteiger partial charge in [0.1, 0.15) is 0 Å². The van der Waals surface area contributed by atoms with Crippen molar-refractivity contribution in [2.45, 2.75) is 33.5 Å². The van der Waals surface area contributed by atoms with Gasteiger partial charge in [0.05, 0.1) is 11.0 Å². The summed E-state index contributed by atoms with van der Waals surface area (Å²) in [6.45, 7) is 11.7. The number of piperazine rings is 1. The van der Waals surface area contributed by atoms with E-state index in [-0.39, 0.29) is 5.69 Å². The number of benzene rings is 2. The van der Waals surface area contributed by atoms with Gasteiger partial charge in [0.15, 0.2) is 0 Å². The molecule has 0 aliphatic carbocycles. The summed E-state index contributed by atoms with van der Waals surface area (Å²) in [6, 6.07) is 10.7. The van der Waals surface area contributed by atoms with Crippen molar-refractivity contribution in [2.24, 2.45) is 0 Å². The minimum Gasteiger partial charge on any atom is -0.309 e. The molecule has 1 saturated heterocycles. The summed E-state index contributed by atoms with van der Waals surface area (Å²) < 4.78 is 0. The van der Waals surface area contributed by atoms with Gasteiger partial charge in [-0.3, -0.25) is 4.90 Å². The number of hydrogen-bond donors (Lipinski definition) is 3. The zero-order valence-electron chi connectivity index (χ0n) is 17.6. The van der Waals surface area contributed by atoms with E-state index in [2.05, 4.69) is 64.2 Å². The van der Waals surface area contributed by atoms with Crippen molar-refractivity contribution in [3.63, 3.8) is 0 Å². The maximum absolute atomic E-state index is 11.4. The number of H-pyrrole nitrogens is 2. The first kappa shape index (κ1) is 19.9. The topological polar surface area (TPSA) is 67.2 Å². The van der Waals surface area contributed by atoms with Crippen molar-refractivity contribution in [1.29, 1.82) is 0 Å². The first-order valence-electron chi connectivity index (χ1n) is 10.4. The molecular formula is C23H31N5O. The SMILES string of the molecule is Cc1cc(CNCc2ccc3[nH]c(=O)[nH]c3c2)c(C)c(CN2CCN(C)CC2)c1. The molecule has 1 aliphatic heterocycles. The number of hydrogen-bond acceptors (Lipinski definition) is 4. The molecule has 1 fully saturated rings. The maximum Gasteiger partial charge on any atom is 0.323 e. The lowest BCUT2D eigenvalue weighted by Crippen LogP contribution is -2.44. The highest BCUT2D eigenvalue weighted by atomic mass is 16.1. The highest BCUT2D eigenvalue weighted by Gasteiger charge is 2.16. The van der Waals surface area contributed by atoms with Gasteiger partial charge in [-0.15, -0.1) is 0 Å². The smallest absolute Gasteiger partial charge is 0.309 e. The molecular weight excluding hydrogens is 362 g/mol. The lowest BCUT2D eigenvalue weighted by atomic mass is 9.98. The van der Waals surface area contributed by atoms with Crippen LogP contribution in [0, 0.1) is 13.8 Å². The number of aromatic amines is 2. The summed E-state index contributed by atoms with van der Waals surface area (Å²) >= 11 is 0. The number of imidazole rings is 1. The van der Waals surface area contributed by atoms with Crippen LogP contribution in [-0.2, 0) is 19.6 Å². The van der Waals surface area contributed by atoms with Gasteiger partial charge in [-0.2, -0.15) is 0 Å². The molecule has 6 nitrogen and oxygen atoms in total. The molecule has 0 bridgehead atoms. The molecule has 29 heavy (non-hydrogen) atoms. The fraction of sp³-hybridized carbons (Fsp3) is 0.435. The summed E-state index contributed by atoms with van der Waals surface area (Å²) in [4.78, 5) is 22.0. The van der Waals surface area contributed by atoms with Crippen molar-refractivity contribution < 1.29 is 0 Å². The molecule has 0 unspecified atom stereocenters. The third kappa shape index (κ3) is 4.78. The largest absolute Gasteiger partial charge is 0.323 e. The molecule has 6 heteroatoms. The predicted octanol–water partition coefficient (Wildman–Crippen LogP) is 2.51. The monoisotopic (exact) mass is 393 g/mol. The molecule has 3 N–H and O–H groups in total. The van der Waals surface area contributed by atoms with Gasteiger partial charge >= 0.3 is 5.69 Å². The van der Waals surface area contributed by atoms with Crippen molar-refractivity contribution in [3.8, 4) is 0 Å². The Morgan fingerprint density at radius 2 is 1.66 bits per heavy atom. The van der Waals surface area contributed by atoms with E-state index < -0.39 is 0 Å². The van der Waals surface area contributed by atoms with Gasteiger partial charge in [0.25, 0.3) is 0 Å². The van der Waals surface area contributed by atoms with Crippen LogP contribution < -0.4 is 11.0 Å². The summed E-state index contributed by atoms with van der Waals surface area (Å²) in [6.07, 6.45) is 0. The van der Waals surface area contributed by atoms with Gasteiger partial charge in [0.2, 0.25) is 0 Å². The standard InChI is InChI=1S/C23H31N5O/c1-16-10-19(17(2)20(11-16)15-28-8-6-27(3)7-9-28)14-24-13-18-4-5-21-22(12-18)26-23(29)25-21/h4-5,10-12,24H,6-9,13-15H2,1-3H3,(H2,25,26,29). The van der Waals surface area contributed by atoms with Crippen LogP contribution in [0.3, 0.4) is 0 Å². The van der Waals surface area contributed by atoms with Gasteiger partial charge < -0.3 is 20.2 Å². The van der Waals surface area contributed by atoms with Crippen LogP contribution in [0.25, 0.3) is 11.0 Å². The zero-order valence-corrected chi connectivity index (χ0v) is 17.6. The second-order valence-electron chi connectivity index (χ2n) is 8.35. The van der Waals surface area contributed by atoms with Crippen LogP contribution >= 0.6 is 0 Å². The summed E-state index contributed by atoms with van der Waals surface area (Å²) in [5, 5.41) is 3.57. The van der Waals surface area contributed by atoms with Crippen molar-refractivity contribution in [3.05, 3.63) is 68.6 Å². The van der Waals surface area contributed by atoms with Crippen LogP contribution in [0.4, 0.5) is 0 Å². The molecule has 0 radical (unpaired) electrons. The Bertz CT molecular complexity index is 1040. The minimum atomic E-state index is -0.159. The molecule has 2 aromatic carbocycles. The molecule has 0 amide bonds. The lowest BCUT2D eigenvalue weighted by Gasteiger charge is -2.33. The van der Waals surface area contributed by atoms with Crippen LogP contribution in [0.2, 0.25) is 0 Å². The van der Waals surface area contributed by atoms with Gasteiger partial charge in [0, 0.05) is 45.8 Å². The Morgan fingerprint density at radius 1 is 0.931 bits per heavy atom. The average molecular weight is 394 g/mol. The van der Waals surface area contributed by atoms with Crippen molar-refractivity contribution >= 4 is 11.0 Å². The highest BCUT2D eigenvalue weighted by Crippen LogP contribution is 2.20.